The molecule has 0 bridgehead atoms. The summed E-state index contributed by atoms with van der Waals surface area (Å²) >= 11 is 3.05. The molecule has 4 aromatic rings. The van der Waals surface area contributed by atoms with Crippen LogP contribution in [0.15, 0.2) is 83.1 Å². The monoisotopic (exact) mass is 391 g/mol. The number of aromatic nitrogens is 1. The zero-order valence-corrected chi connectivity index (χ0v) is 16.1. The summed E-state index contributed by atoms with van der Waals surface area (Å²) in [5.41, 5.74) is 1.86. The van der Waals surface area contributed by atoms with Gasteiger partial charge in [0.15, 0.2) is 0 Å². The van der Waals surface area contributed by atoms with Crippen molar-refractivity contribution in [2.45, 2.75) is 11.5 Å². The largest absolute Gasteiger partial charge is 0.459 e. The molecule has 3 nitrogen and oxygen atoms in total. The first-order chi connectivity index (χ1) is 13.3. The number of benzene rings is 3. The molecule has 0 amide bonds. The first-order valence-electron chi connectivity index (χ1n) is 8.55. The van der Waals surface area contributed by atoms with E-state index in [0.717, 1.165) is 21.2 Å². The lowest BCUT2D eigenvalue weighted by atomic mass is 10.1. The van der Waals surface area contributed by atoms with Gasteiger partial charge in [-0.15, -0.1) is 23.1 Å². The fourth-order valence-electron chi connectivity index (χ4n) is 2.68. The van der Waals surface area contributed by atoms with E-state index in [-0.39, 0.29) is 18.3 Å². The van der Waals surface area contributed by atoms with Gasteiger partial charge in [-0.05, 0) is 22.9 Å². The van der Waals surface area contributed by atoms with Gasteiger partial charge in [0.1, 0.15) is 11.6 Å². The lowest BCUT2D eigenvalue weighted by Crippen LogP contribution is -2.07. The molecule has 5 heteroatoms. The summed E-state index contributed by atoms with van der Waals surface area (Å²) in [6.45, 7) is 0.209. The molecule has 27 heavy (non-hydrogen) atoms. The summed E-state index contributed by atoms with van der Waals surface area (Å²) in [5, 5.41) is 5.24. The van der Waals surface area contributed by atoms with Crippen molar-refractivity contribution in [3.05, 3.63) is 83.9 Å². The van der Waals surface area contributed by atoms with Gasteiger partial charge < -0.3 is 4.74 Å². The van der Waals surface area contributed by atoms with Crippen molar-refractivity contribution in [2.75, 3.05) is 5.75 Å². The molecule has 0 aliphatic rings. The summed E-state index contributed by atoms with van der Waals surface area (Å²) in [6, 6.07) is 24.4. The molecule has 0 saturated carbocycles. The number of esters is 1. The van der Waals surface area contributed by atoms with Crippen LogP contribution < -0.4 is 0 Å². The number of ether oxygens (including phenoxy) is 1. The van der Waals surface area contributed by atoms with Crippen LogP contribution in [0.2, 0.25) is 0 Å². The van der Waals surface area contributed by atoms with Gasteiger partial charge >= 0.3 is 5.97 Å². The fourth-order valence-corrected chi connectivity index (χ4v) is 4.24. The van der Waals surface area contributed by atoms with E-state index in [9.17, 15) is 4.79 Å². The first kappa shape index (κ1) is 17.8. The number of fused-ring (bicyclic) bond motifs is 1. The highest BCUT2D eigenvalue weighted by molar-refractivity contribution is 8.00. The van der Waals surface area contributed by atoms with E-state index >= 15 is 0 Å². The molecule has 0 unspecified atom stereocenters. The number of nitrogens with zero attached hydrogens (tertiary/aromatic N) is 1. The SMILES string of the molecule is O=C(CSc1ccc2ccccc2c1)OCc1csc(-c2ccccc2)n1. The van der Waals surface area contributed by atoms with E-state index in [0.29, 0.717) is 0 Å². The molecule has 4 rings (SSSR count). The van der Waals surface area contributed by atoms with Crippen LogP contribution in [0.1, 0.15) is 5.69 Å². The van der Waals surface area contributed by atoms with Gasteiger partial charge in [0, 0.05) is 15.8 Å². The molecule has 134 valence electrons. The highest BCUT2D eigenvalue weighted by Gasteiger charge is 2.09. The number of hydrogen-bond donors (Lipinski definition) is 0. The molecule has 0 spiro atoms. The summed E-state index contributed by atoms with van der Waals surface area (Å²) in [5.74, 6) is 0.0519. The maximum atomic E-state index is 12.1. The maximum absolute atomic E-state index is 12.1. The molecule has 0 aliphatic carbocycles. The number of thioether (sulfide) groups is 1. The zero-order valence-electron chi connectivity index (χ0n) is 14.5. The average Bonchev–Trinajstić information content (AvgIpc) is 3.20. The van der Waals surface area contributed by atoms with Crippen molar-refractivity contribution >= 4 is 39.8 Å². The summed E-state index contributed by atoms with van der Waals surface area (Å²) < 4.78 is 5.37. The topological polar surface area (TPSA) is 39.2 Å². The van der Waals surface area contributed by atoms with E-state index in [1.807, 2.05) is 53.9 Å². The van der Waals surface area contributed by atoms with Gasteiger partial charge in [-0.1, -0.05) is 60.7 Å². The quantitative estimate of drug-likeness (QED) is 0.308. The van der Waals surface area contributed by atoms with Crippen LogP contribution in [0.5, 0.6) is 0 Å². The molecule has 1 aromatic heterocycles. The maximum Gasteiger partial charge on any atom is 0.316 e. The van der Waals surface area contributed by atoms with Crippen LogP contribution in [-0.2, 0) is 16.1 Å². The molecule has 0 atom stereocenters. The van der Waals surface area contributed by atoms with Crippen molar-refractivity contribution in [1.29, 1.82) is 0 Å². The Labute approximate surface area is 166 Å². The lowest BCUT2D eigenvalue weighted by Gasteiger charge is -2.04. The Morgan fingerprint density at radius 3 is 2.59 bits per heavy atom. The minimum atomic E-state index is -0.234. The Bertz CT molecular complexity index is 1060. The van der Waals surface area contributed by atoms with Crippen molar-refractivity contribution in [2.24, 2.45) is 0 Å². The van der Waals surface area contributed by atoms with E-state index in [1.165, 1.54) is 22.5 Å². The molecule has 3 aromatic carbocycles. The second-order valence-corrected chi connectivity index (χ2v) is 7.88. The molecule has 0 fully saturated rings. The molecule has 0 saturated heterocycles. The Kier molecular flexibility index (Phi) is 5.51. The number of thiazole rings is 1. The van der Waals surface area contributed by atoms with Gasteiger partial charge in [0.05, 0.1) is 11.4 Å². The Balaban J connectivity index is 1.30. The van der Waals surface area contributed by atoms with Crippen LogP contribution in [0.3, 0.4) is 0 Å². The van der Waals surface area contributed by atoms with Crippen molar-refractivity contribution in [3.8, 4) is 10.6 Å². The van der Waals surface area contributed by atoms with Gasteiger partial charge in [-0.3, -0.25) is 4.79 Å². The molecule has 0 aliphatic heterocycles. The summed E-state index contributed by atoms with van der Waals surface area (Å²) in [7, 11) is 0. The van der Waals surface area contributed by atoms with E-state index in [1.54, 1.807) is 11.3 Å². The van der Waals surface area contributed by atoms with Crippen LogP contribution >= 0.6 is 23.1 Å². The zero-order chi connectivity index (χ0) is 18.5. The highest BCUT2D eigenvalue weighted by Crippen LogP contribution is 2.25. The Morgan fingerprint density at radius 1 is 0.963 bits per heavy atom. The average molecular weight is 392 g/mol. The van der Waals surface area contributed by atoms with Gasteiger partial charge in [-0.25, -0.2) is 4.98 Å². The lowest BCUT2D eigenvalue weighted by molar-refractivity contribution is -0.141. The standard InChI is InChI=1S/C22H17NO2S2/c24-21(15-26-20-11-10-16-6-4-5-9-18(16)12-20)25-13-19-14-27-22(23-19)17-7-2-1-3-8-17/h1-12,14H,13,15H2. The van der Waals surface area contributed by atoms with Crippen molar-refractivity contribution in [1.82, 2.24) is 4.98 Å². The van der Waals surface area contributed by atoms with Gasteiger partial charge in [0.2, 0.25) is 0 Å². The Hall–Kier alpha value is -2.63. The van der Waals surface area contributed by atoms with Crippen LogP contribution in [0.25, 0.3) is 21.3 Å². The van der Waals surface area contributed by atoms with Crippen LogP contribution in [0, 0.1) is 0 Å². The normalized spacial score (nSPS) is 10.8. The third kappa shape index (κ3) is 4.56. The van der Waals surface area contributed by atoms with E-state index in [2.05, 4.69) is 29.2 Å². The second kappa shape index (κ2) is 8.37. The highest BCUT2D eigenvalue weighted by atomic mass is 32.2. The Morgan fingerprint density at radius 2 is 1.74 bits per heavy atom. The van der Waals surface area contributed by atoms with Gasteiger partial charge in [-0.2, -0.15) is 0 Å². The second-order valence-electron chi connectivity index (χ2n) is 5.97. The fraction of sp³-hybridized carbons (Fsp3) is 0.0909. The smallest absolute Gasteiger partial charge is 0.316 e. The van der Waals surface area contributed by atoms with E-state index < -0.39 is 0 Å². The third-order valence-corrected chi connectivity index (χ3v) is 5.94. The van der Waals surface area contributed by atoms with Gasteiger partial charge in [0.25, 0.3) is 0 Å². The predicted octanol–water partition coefficient (Wildman–Crippen LogP) is 5.80. The number of carbonyl (C=O) groups excluding carboxylic acids is 1. The molecule has 1 heterocycles. The summed E-state index contributed by atoms with van der Waals surface area (Å²) in [6.07, 6.45) is 0. The minimum absolute atomic E-state index is 0.209. The number of rotatable bonds is 6. The summed E-state index contributed by atoms with van der Waals surface area (Å²) in [4.78, 5) is 17.7. The first-order valence-corrected chi connectivity index (χ1v) is 10.4. The number of hydrogen-bond acceptors (Lipinski definition) is 5. The third-order valence-electron chi connectivity index (χ3n) is 4.03. The van der Waals surface area contributed by atoms with Crippen LogP contribution in [-0.4, -0.2) is 16.7 Å². The number of carbonyl (C=O) groups is 1. The molecule has 0 N–H and O–H groups in total. The molecular weight excluding hydrogens is 374 g/mol. The van der Waals surface area contributed by atoms with Crippen LogP contribution in [0.4, 0.5) is 0 Å². The van der Waals surface area contributed by atoms with Crippen molar-refractivity contribution in [3.63, 3.8) is 0 Å². The predicted molar refractivity (Wildman–Crippen MR) is 112 cm³/mol. The van der Waals surface area contributed by atoms with E-state index in [4.69, 9.17) is 4.74 Å². The minimum Gasteiger partial charge on any atom is -0.459 e. The molecular formula is C22H17NO2S2. The molecule has 0 radical (unpaired) electrons. The van der Waals surface area contributed by atoms with Crippen molar-refractivity contribution < 1.29 is 9.53 Å².